The molecule has 2 aliphatic carbocycles. The lowest BCUT2D eigenvalue weighted by Gasteiger charge is -2.26. The van der Waals surface area contributed by atoms with Gasteiger partial charge >= 0.3 is 6.03 Å². The second-order valence-electron chi connectivity index (χ2n) is 6.53. The van der Waals surface area contributed by atoms with E-state index in [-0.39, 0.29) is 12.1 Å². The predicted octanol–water partition coefficient (Wildman–Crippen LogP) is 4.16. The van der Waals surface area contributed by atoms with E-state index in [4.69, 9.17) is 0 Å². The molecule has 1 aromatic carbocycles. The van der Waals surface area contributed by atoms with Crippen LogP contribution < -0.4 is 10.6 Å². The molecule has 0 spiro atoms. The normalized spacial score (nSPS) is 21.3. The minimum Gasteiger partial charge on any atom is -0.335 e. The van der Waals surface area contributed by atoms with Crippen molar-refractivity contribution in [2.75, 3.05) is 0 Å². The summed E-state index contributed by atoms with van der Waals surface area (Å²) in [5, 5.41) is 6.40. The maximum absolute atomic E-state index is 12.3. The lowest BCUT2D eigenvalue weighted by Crippen LogP contribution is -2.44. The number of hydrogen-bond acceptors (Lipinski definition) is 1. The van der Waals surface area contributed by atoms with E-state index in [1.807, 2.05) is 6.07 Å². The summed E-state index contributed by atoms with van der Waals surface area (Å²) in [4.78, 5) is 12.3. The van der Waals surface area contributed by atoms with Crippen LogP contribution in [-0.4, -0.2) is 12.1 Å². The molecule has 2 fully saturated rings. The van der Waals surface area contributed by atoms with E-state index in [9.17, 15) is 4.79 Å². The Bertz CT molecular complexity index is 448. The van der Waals surface area contributed by atoms with Gasteiger partial charge in [0.15, 0.2) is 0 Å². The number of carbonyl (C=O) groups is 1. The van der Waals surface area contributed by atoms with Crippen LogP contribution >= 0.6 is 0 Å². The van der Waals surface area contributed by atoms with Crippen LogP contribution in [-0.2, 0) is 0 Å². The molecule has 114 valence electrons. The van der Waals surface area contributed by atoms with Gasteiger partial charge in [0.05, 0.1) is 6.04 Å². The summed E-state index contributed by atoms with van der Waals surface area (Å²) in [6.07, 6.45) is 9.79. The van der Waals surface area contributed by atoms with Crippen molar-refractivity contribution in [3.8, 4) is 0 Å². The first-order chi connectivity index (χ1) is 10.3. The monoisotopic (exact) mass is 286 g/mol. The highest BCUT2D eigenvalue weighted by Crippen LogP contribution is 2.35. The van der Waals surface area contributed by atoms with Crippen molar-refractivity contribution in [2.24, 2.45) is 5.92 Å². The van der Waals surface area contributed by atoms with Crippen LogP contribution in [0.5, 0.6) is 0 Å². The molecular formula is C18H26N2O. The van der Waals surface area contributed by atoms with E-state index in [0.717, 1.165) is 12.8 Å². The lowest BCUT2D eigenvalue weighted by atomic mass is 9.92. The zero-order chi connectivity index (χ0) is 14.5. The third-order valence-corrected chi connectivity index (χ3v) is 5.01. The highest BCUT2D eigenvalue weighted by molar-refractivity contribution is 5.74. The summed E-state index contributed by atoms with van der Waals surface area (Å²) < 4.78 is 0. The Kier molecular flexibility index (Phi) is 4.79. The van der Waals surface area contributed by atoms with Gasteiger partial charge in [0.2, 0.25) is 0 Å². The molecule has 3 heteroatoms. The summed E-state index contributed by atoms with van der Waals surface area (Å²) in [6.45, 7) is 0. The molecule has 0 heterocycles. The summed E-state index contributed by atoms with van der Waals surface area (Å²) in [7, 11) is 0. The molecule has 2 N–H and O–H groups in total. The molecule has 0 radical (unpaired) electrons. The zero-order valence-electron chi connectivity index (χ0n) is 12.7. The molecule has 3 nitrogen and oxygen atoms in total. The van der Waals surface area contributed by atoms with Crippen molar-refractivity contribution in [1.29, 1.82) is 0 Å². The fourth-order valence-corrected chi connectivity index (χ4v) is 3.86. The zero-order valence-corrected chi connectivity index (χ0v) is 12.7. The number of carbonyl (C=O) groups excluding carboxylic acids is 1. The number of amides is 2. The standard InChI is InChI=1S/C18H26N2O/c21-18(19-16-12-6-7-13-16)20-17(15-10-4-5-11-15)14-8-2-1-3-9-14/h1-3,8-9,15-17H,4-7,10-13H2,(H2,19,20,21). The quantitative estimate of drug-likeness (QED) is 0.857. The molecule has 2 saturated carbocycles. The fraction of sp³-hybridized carbons (Fsp3) is 0.611. The fourth-order valence-electron chi connectivity index (χ4n) is 3.86. The highest BCUT2D eigenvalue weighted by Gasteiger charge is 2.28. The first kappa shape index (κ1) is 14.4. The summed E-state index contributed by atoms with van der Waals surface area (Å²) >= 11 is 0. The summed E-state index contributed by atoms with van der Waals surface area (Å²) in [6, 6.07) is 11.0. The Morgan fingerprint density at radius 1 is 0.952 bits per heavy atom. The minimum absolute atomic E-state index is 0.0163. The number of rotatable bonds is 4. The average Bonchev–Trinajstić information content (AvgIpc) is 3.19. The molecule has 1 atom stereocenters. The van der Waals surface area contributed by atoms with Crippen LogP contribution in [0.1, 0.15) is 63.0 Å². The van der Waals surface area contributed by atoms with Crippen molar-refractivity contribution in [2.45, 2.75) is 63.5 Å². The smallest absolute Gasteiger partial charge is 0.315 e. The Hall–Kier alpha value is -1.51. The average molecular weight is 286 g/mol. The predicted molar refractivity (Wildman–Crippen MR) is 85.1 cm³/mol. The van der Waals surface area contributed by atoms with E-state index < -0.39 is 0 Å². The van der Waals surface area contributed by atoms with Crippen LogP contribution in [0.15, 0.2) is 30.3 Å². The van der Waals surface area contributed by atoms with Gasteiger partial charge < -0.3 is 10.6 Å². The molecule has 0 aliphatic heterocycles. The van der Waals surface area contributed by atoms with Gasteiger partial charge in [-0.25, -0.2) is 4.79 Å². The van der Waals surface area contributed by atoms with Crippen molar-refractivity contribution in [3.63, 3.8) is 0 Å². The number of hydrogen-bond donors (Lipinski definition) is 2. The van der Waals surface area contributed by atoms with E-state index in [1.54, 1.807) is 0 Å². The molecular weight excluding hydrogens is 260 g/mol. The van der Waals surface area contributed by atoms with Gasteiger partial charge in [-0.3, -0.25) is 0 Å². The number of benzene rings is 1. The van der Waals surface area contributed by atoms with Gasteiger partial charge in [0, 0.05) is 6.04 Å². The molecule has 3 rings (SSSR count). The van der Waals surface area contributed by atoms with E-state index in [2.05, 4.69) is 34.9 Å². The van der Waals surface area contributed by atoms with E-state index in [1.165, 1.54) is 44.1 Å². The first-order valence-electron chi connectivity index (χ1n) is 8.45. The van der Waals surface area contributed by atoms with Gasteiger partial charge in [-0.1, -0.05) is 56.0 Å². The second-order valence-corrected chi connectivity index (χ2v) is 6.53. The van der Waals surface area contributed by atoms with Crippen LogP contribution in [0, 0.1) is 5.92 Å². The Labute approximate surface area is 127 Å². The molecule has 2 aliphatic rings. The molecule has 0 saturated heterocycles. The van der Waals surface area contributed by atoms with E-state index >= 15 is 0 Å². The van der Waals surface area contributed by atoms with Crippen LogP contribution in [0.3, 0.4) is 0 Å². The largest absolute Gasteiger partial charge is 0.335 e. The third kappa shape index (κ3) is 3.78. The molecule has 0 bridgehead atoms. The van der Waals surface area contributed by atoms with Gasteiger partial charge in [-0.15, -0.1) is 0 Å². The lowest BCUT2D eigenvalue weighted by molar-refractivity contribution is 0.227. The number of nitrogens with one attached hydrogen (secondary N) is 2. The van der Waals surface area contributed by atoms with Crippen LogP contribution in [0.25, 0.3) is 0 Å². The molecule has 1 aromatic rings. The Morgan fingerprint density at radius 2 is 1.57 bits per heavy atom. The van der Waals surface area contributed by atoms with Gasteiger partial charge in [-0.2, -0.15) is 0 Å². The maximum atomic E-state index is 12.3. The summed E-state index contributed by atoms with van der Waals surface area (Å²) in [5.74, 6) is 0.585. The Morgan fingerprint density at radius 3 is 2.24 bits per heavy atom. The first-order valence-corrected chi connectivity index (χ1v) is 8.45. The van der Waals surface area contributed by atoms with Crippen molar-refractivity contribution in [3.05, 3.63) is 35.9 Å². The number of urea groups is 1. The molecule has 0 aromatic heterocycles. The van der Waals surface area contributed by atoms with E-state index in [0.29, 0.717) is 12.0 Å². The molecule has 21 heavy (non-hydrogen) atoms. The van der Waals surface area contributed by atoms with Crippen LogP contribution in [0.2, 0.25) is 0 Å². The second kappa shape index (κ2) is 6.97. The van der Waals surface area contributed by atoms with Crippen molar-refractivity contribution < 1.29 is 4.79 Å². The third-order valence-electron chi connectivity index (χ3n) is 5.01. The highest BCUT2D eigenvalue weighted by atomic mass is 16.2. The van der Waals surface area contributed by atoms with Gasteiger partial charge in [0.25, 0.3) is 0 Å². The maximum Gasteiger partial charge on any atom is 0.315 e. The Balaban J connectivity index is 1.65. The van der Waals surface area contributed by atoms with Gasteiger partial charge in [-0.05, 0) is 37.2 Å². The van der Waals surface area contributed by atoms with Gasteiger partial charge in [0.1, 0.15) is 0 Å². The van der Waals surface area contributed by atoms with Crippen molar-refractivity contribution >= 4 is 6.03 Å². The van der Waals surface area contributed by atoms with Crippen LogP contribution in [0.4, 0.5) is 4.79 Å². The van der Waals surface area contributed by atoms with Crippen molar-refractivity contribution in [1.82, 2.24) is 10.6 Å². The molecule has 2 amide bonds. The summed E-state index contributed by atoms with van der Waals surface area (Å²) in [5.41, 5.74) is 1.24. The molecule has 1 unspecified atom stereocenters. The minimum atomic E-state index is 0.0163. The SMILES string of the molecule is O=C(NC1CCCC1)NC(c1ccccc1)C1CCCC1. The topological polar surface area (TPSA) is 41.1 Å².